The highest BCUT2D eigenvalue weighted by atomic mass is 35.5. The maximum atomic E-state index is 14.3. The van der Waals surface area contributed by atoms with Gasteiger partial charge in [0.25, 0.3) is 10.0 Å². The highest BCUT2D eigenvalue weighted by Crippen LogP contribution is 2.29. The fourth-order valence-corrected chi connectivity index (χ4v) is 4.95. The van der Waals surface area contributed by atoms with Crippen LogP contribution < -0.4 is 4.72 Å². The van der Waals surface area contributed by atoms with Crippen LogP contribution in [0.5, 0.6) is 0 Å². The van der Waals surface area contributed by atoms with Gasteiger partial charge in [0.2, 0.25) is 0 Å². The smallest absolute Gasteiger partial charge is 0.251 e. The van der Waals surface area contributed by atoms with Gasteiger partial charge in [-0.2, -0.15) is 4.72 Å². The topological polar surface area (TPSA) is 64.0 Å². The van der Waals surface area contributed by atoms with Crippen molar-refractivity contribution in [1.29, 1.82) is 0 Å². The summed E-state index contributed by atoms with van der Waals surface area (Å²) >= 11 is 6.75. The van der Waals surface area contributed by atoms with Crippen LogP contribution in [0.1, 0.15) is 17.4 Å². The third-order valence-electron chi connectivity index (χ3n) is 3.42. The summed E-state index contributed by atoms with van der Waals surface area (Å²) < 4.78 is 44.1. The quantitative estimate of drug-likeness (QED) is 0.732. The zero-order valence-corrected chi connectivity index (χ0v) is 14.9. The lowest BCUT2D eigenvalue weighted by molar-refractivity contribution is 0.546. The van der Waals surface area contributed by atoms with Crippen LogP contribution >= 0.6 is 22.9 Å². The summed E-state index contributed by atoms with van der Waals surface area (Å²) in [6.45, 7) is 0. The van der Waals surface area contributed by atoms with Crippen molar-refractivity contribution in [2.75, 3.05) is 0 Å². The van der Waals surface area contributed by atoms with Crippen molar-refractivity contribution in [3.05, 3.63) is 70.3 Å². The molecule has 0 saturated heterocycles. The molecule has 3 aromatic rings. The van der Waals surface area contributed by atoms with E-state index < -0.39 is 21.9 Å². The Hall–Kier alpha value is -1.74. The Labute approximate surface area is 147 Å². The Balaban J connectivity index is 2.06. The van der Waals surface area contributed by atoms with Crippen molar-refractivity contribution in [2.24, 2.45) is 7.05 Å². The van der Waals surface area contributed by atoms with Crippen molar-refractivity contribution < 1.29 is 12.8 Å². The standard InChI is InChI=1S/C15H13ClFN3O2S2/c1-20-9-8-18-15(20)14(10-4-2-3-5-11(10)17)19-24(21,22)13-7-6-12(16)23-13/h2-9,14,19H,1H3. The van der Waals surface area contributed by atoms with E-state index in [-0.39, 0.29) is 9.77 Å². The molecule has 2 aromatic heterocycles. The third kappa shape index (κ3) is 3.36. The summed E-state index contributed by atoms with van der Waals surface area (Å²) in [6, 6.07) is 7.94. The summed E-state index contributed by atoms with van der Waals surface area (Å²) in [6.07, 6.45) is 3.19. The molecular formula is C15H13ClFN3O2S2. The lowest BCUT2D eigenvalue weighted by Crippen LogP contribution is -2.31. The van der Waals surface area contributed by atoms with Gasteiger partial charge in [-0.1, -0.05) is 29.8 Å². The number of sulfonamides is 1. The summed E-state index contributed by atoms with van der Waals surface area (Å²) in [7, 11) is -2.17. The highest BCUT2D eigenvalue weighted by molar-refractivity contribution is 7.91. The monoisotopic (exact) mass is 385 g/mol. The SMILES string of the molecule is Cn1ccnc1C(NS(=O)(=O)c1ccc(Cl)s1)c1ccccc1F. The Morgan fingerprint density at radius 3 is 2.62 bits per heavy atom. The molecule has 1 atom stereocenters. The van der Waals surface area contributed by atoms with Gasteiger partial charge in [0.1, 0.15) is 21.9 Å². The zero-order chi connectivity index (χ0) is 17.3. The average Bonchev–Trinajstić information content (AvgIpc) is 3.15. The van der Waals surface area contributed by atoms with Crippen LogP contribution in [0.3, 0.4) is 0 Å². The van der Waals surface area contributed by atoms with Crippen LogP contribution in [-0.4, -0.2) is 18.0 Å². The summed E-state index contributed by atoms with van der Waals surface area (Å²) in [5, 5.41) is 0. The number of hydrogen-bond acceptors (Lipinski definition) is 4. The number of nitrogens with one attached hydrogen (secondary N) is 1. The minimum atomic E-state index is -3.88. The molecule has 1 unspecified atom stereocenters. The minimum absolute atomic E-state index is 0.0584. The Morgan fingerprint density at radius 2 is 2.04 bits per heavy atom. The van der Waals surface area contributed by atoms with Gasteiger partial charge in [0.15, 0.2) is 0 Å². The fraction of sp³-hybridized carbons (Fsp3) is 0.133. The number of halogens is 2. The van der Waals surface area contributed by atoms with Crippen molar-refractivity contribution in [1.82, 2.24) is 14.3 Å². The summed E-state index contributed by atoms with van der Waals surface area (Å²) in [5.41, 5.74) is 0.193. The molecule has 0 aliphatic rings. The number of rotatable bonds is 5. The second kappa shape index (κ2) is 6.64. The number of benzene rings is 1. The summed E-state index contributed by atoms with van der Waals surface area (Å²) in [4.78, 5) is 4.16. The number of hydrogen-bond donors (Lipinski definition) is 1. The molecule has 1 aromatic carbocycles. The maximum Gasteiger partial charge on any atom is 0.251 e. The lowest BCUT2D eigenvalue weighted by atomic mass is 10.1. The molecule has 2 heterocycles. The highest BCUT2D eigenvalue weighted by Gasteiger charge is 2.28. The molecule has 0 fully saturated rings. The first kappa shape index (κ1) is 17.1. The number of thiophene rings is 1. The van der Waals surface area contributed by atoms with Crippen molar-refractivity contribution >= 4 is 33.0 Å². The molecule has 0 aliphatic heterocycles. The van der Waals surface area contributed by atoms with Gasteiger partial charge in [-0.25, -0.2) is 17.8 Å². The molecule has 0 bridgehead atoms. The first-order valence-electron chi connectivity index (χ1n) is 6.88. The van der Waals surface area contributed by atoms with E-state index in [0.717, 1.165) is 11.3 Å². The second-order valence-corrected chi connectivity index (χ2v) is 8.69. The molecular weight excluding hydrogens is 373 g/mol. The van der Waals surface area contributed by atoms with Gasteiger partial charge in [-0.05, 0) is 18.2 Å². The van der Waals surface area contributed by atoms with Crippen LogP contribution in [0.25, 0.3) is 0 Å². The van der Waals surface area contributed by atoms with Crippen LogP contribution in [0.4, 0.5) is 4.39 Å². The van der Waals surface area contributed by atoms with E-state index in [1.54, 1.807) is 29.9 Å². The molecule has 24 heavy (non-hydrogen) atoms. The second-order valence-electron chi connectivity index (χ2n) is 5.03. The van der Waals surface area contributed by atoms with Crippen molar-refractivity contribution in [2.45, 2.75) is 10.3 Å². The number of aromatic nitrogens is 2. The van der Waals surface area contributed by atoms with E-state index in [2.05, 4.69) is 9.71 Å². The molecule has 5 nitrogen and oxygen atoms in total. The first-order valence-corrected chi connectivity index (χ1v) is 9.55. The van der Waals surface area contributed by atoms with E-state index in [4.69, 9.17) is 11.6 Å². The molecule has 0 saturated carbocycles. The van der Waals surface area contributed by atoms with Crippen LogP contribution in [0.2, 0.25) is 4.34 Å². The molecule has 9 heteroatoms. The van der Waals surface area contributed by atoms with E-state index >= 15 is 0 Å². The molecule has 0 amide bonds. The largest absolute Gasteiger partial charge is 0.336 e. The fourth-order valence-electron chi connectivity index (χ4n) is 2.28. The normalized spacial score (nSPS) is 13.1. The molecule has 0 aliphatic carbocycles. The van der Waals surface area contributed by atoms with E-state index in [1.807, 2.05) is 0 Å². The Morgan fingerprint density at radius 1 is 1.29 bits per heavy atom. The van der Waals surface area contributed by atoms with Crippen LogP contribution in [0.15, 0.2) is 53.0 Å². The number of aryl methyl sites for hydroxylation is 1. The Kier molecular flexibility index (Phi) is 4.73. The van der Waals surface area contributed by atoms with Gasteiger partial charge < -0.3 is 4.57 Å². The molecule has 0 radical (unpaired) electrons. The van der Waals surface area contributed by atoms with Crippen molar-refractivity contribution in [3.8, 4) is 0 Å². The predicted octanol–water partition coefficient (Wildman–Crippen LogP) is 3.34. The first-order chi connectivity index (χ1) is 11.4. The predicted molar refractivity (Wildman–Crippen MR) is 91.1 cm³/mol. The minimum Gasteiger partial charge on any atom is -0.336 e. The average molecular weight is 386 g/mol. The lowest BCUT2D eigenvalue weighted by Gasteiger charge is -2.19. The molecule has 126 valence electrons. The third-order valence-corrected chi connectivity index (χ3v) is 6.57. The molecule has 3 rings (SSSR count). The van der Waals surface area contributed by atoms with Gasteiger partial charge in [-0.3, -0.25) is 0 Å². The van der Waals surface area contributed by atoms with Gasteiger partial charge >= 0.3 is 0 Å². The number of nitrogens with zero attached hydrogens (tertiary/aromatic N) is 2. The van der Waals surface area contributed by atoms with Crippen LogP contribution in [-0.2, 0) is 17.1 Å². The summed E-state index contributed by atoms with van der Waals surface area (Å²) in [5.74, 6) is -0.135. The van der Waals surface area contributed by atoms with Gasteiger partial charge in [-0.15, -0.1) is 11.3 Å². The van der Waals surface area contributed by atoms with E-state index in [1.165, 1.54) is 30.5 Å². The van der Waals surface area contributed by atoms with Crippen LogP contribution in [0, 0.1) is 5.82 Å². The molecule has 0 spiro atoms. The van der Waals surface area contributed by atoms with Gasteiger partial charge in [0.05, 0.1) is 4.34 Å². The number of imidazole rings is 1. The molecule has 1 N–H and O–H groups in total. The van der Waals surface area contributed by atoms with E-state index in [0.29, 0.717) is 10.2 Å². The Bertz CT molecular complexity index is 969. The maximum absolute atomic E-state index is 14.3. The van der Waals surface area contributed by atoms with E-state index in [9.17, 15) is 12.8 Å². The van der Waals surface area contributed by atoms with Crippen molar-refractivity contribution in [3.63, 3.8) is 0 Å². The zero-order valence-electron chi connectivity index (χ0n) is 12.5. The van der Waals surface area contributed by atoms with Gasteiger partial charge in [0, 0.05) is 25.0 Å².